The zero-order chi connectivity index (χ0) is 10.1. The summed E-state index contributed by atoms with van der Waals surface area (Å²) >= 11 is 0. The van der Waals surface area contributed by atoms with E-state index < -0.39 is 0 Å². The maximum atomic E-state index is 5.70. The molecule has 0 radical (unpaired) electrons. The molecule has 2 aromatic rings. The van der Waals surface area contributed by atoms with Crippen LogP contribution in [0.25, 0.3) is 5.82 Å². The fraction of sp³-hybridized carbons (Fsp3) is 0.111. The van der Waals surface area contributed by atoms with Gasteiger partial charge in [-0.25, -0.2) is 4.98 Å². The van der Waals surface area contributed by atoms with Gasteiger partial charge >= 0.3 is 0 Å². The molecule has 0 saturated carbocycles. The first-order valence-electron chi connectivity index (χ1n) is 4.21. The number of rotatable bonds is 1. The van der Waals surface area contributed by atoms with E-state index in [2.05, 4.69) is 10.1 Å². The molecule has 4 N–H and O–H groups in total. The second-order valence-electron chi connectivity index (χ2n) is 3.10. The summed E-state index contributed by atoms with van der Waals surface area (Å²) in [7, 11) is 0. The van der Waals surface area contributed by atoms with Crippen LogP contribution in [-0.4, -0.2) is 14.8 Å². The molecule has 0 aliphatic heterocycles. The summed E-state index contributed by atoms with van der Waals surface area (Å²) in [5.41, 5.74) is 12.3. The minimum Gasteiger partial charge on any atom is -0.383 e. The number of aryl methyl sites for hydroxylation is 1. The molecule has 0 fully saturated rings. The van der Waals surface area contributed by atoms with Gasteiger partial charge in [-0.15, -0.1) is 5.10 Å². The standard InChI is InChI=1S/C9H11N5/c1-6-2-3-12-9(4-6)14-8(11)5-7(10)13-14/h2-5H,11H2,1H3,(H2,10,13). The van der Waals surface area contributed by atoms with Gasteiger partial charge in [0.1, 0.15) is 11.6 Å². The van der Waals surface area contributed by atoms with Crippen LogP contribution in [0.5, 0.6) is 0 Å². The third-order valence-corrected chi connectivity index (χ3v) is 1.87. The zero-order valence-corrected chi connectivity index (χ0v) is 7.81. The van der Waals surface area contributed by atoms with Crippen LogP contribution in [0, 0.1) is 6.92 Å². The normalized spacial score (nSPS) is 10.4. The van der Waals surface area contributed by atoms with E-state index in [1.54, 1.807) is 12.3 Å². The molecule has 0 amide bonds. The molecule has 0 aliphatic rings. The first-order chi connectivity index (χ1) is 6.66. The predicted molar refractivity (Wildman–Crippen MR) is 54.9 cm³/mol. The summed E-state index contributed by atoms with van der Waals surface area (Å²) in [4.78, 5) is 4.15. The highest BCUT2D eigenvalue weighted by molar-refractivity contribution is 5.47. The molecular formula is C9H11N5. The van der Waals surface area contributed by atoms with Gasteiger partial charge < -0.3 is 11.5 Å². The number of anilines is 2. The van der Waals surface area contributed by atoms with E-state index in [4.69, 9.17) is 11.5 Å². The molecule has 14 heavy (non-hydrogen) atoms. The highest BCUT2D eigenvalue weighted by atomic mass is 15.4. The topological polar surface area (TPSA) is 82.8 Å². The summed E-state index contributed by atoms with van der Waals surface area (Å²) in [6.45, 7) is 1.98. The van der Waals surface area contributed by atoms with Crippen molar-refractivity contribution in [1.29, 1.82) is 0 Å². The number of hydrogen-bond donors (Lipinski definition) is 2. The van der Waals surface area contributed by atoms with Crippen LogP contribution >= 0.6 is 0 Å². The lowest BCUT2D eigenvalue weighted by atomic mass is 10.3. The van der Waals surface area contributed by atoms with Crippen molar-refractivity contribution in [3.05, 3.63) is 30.0 Å². The van der Waals surface area contributed by atoms with E-state index in [-0.39, 0.29) is 0 Å². The molecule has 0 saturated heterocycles. The lowest BCUT2D eigenvalue weighted by Gasteiger charge is -2.02. The van der Waals surface area contributed by atoms with Crippen LogP contribution in [0.2, 0.25) is 0 Å². The van der Waals surface area contributed by atoms with Gasteiger partial charge in [0.25, 0.3) is 0 Å². The number of nitrogens with zero attached hydrogens (tertiary/aromatic N) is 3. The Labute approximate surface area is 81.4 Å². The Balaban J connectivity index is 2.54. The highest BCUT2D eigenvalue weighted by Crippen LogP contribution is 2.13. The van der Waals surface area contributed by atoms with Crippen molar-refractivity contribution in [2.45, 2.75) is 6.92 Å². The van der Waals surface area contributed by atoms with Crippen molar-refractivity contribution in [1.82, 2.24) is 14.8 Å². The van der Waals surface area contributed by atoms with Crippen LogP contribution in [0.3, 0.4) is 0 Å². The second kappa shape index (κ2) is 3.02. The minimum absolute atomic E-state index is 0.394. The molecule has 2 rings (SSSR count). The third kappa shape index (κ3) is 1.39. The van der Waals surface area contributed by atoms with E-state index in [0.717, 1.165) is 5.56 Å². The van der Waals surface area contributed by atoms with Gasteiger partial charge in [-0.2, -0.15) is 4.68 Å². The van der Waals surface area contributed by atoms with E-state index in [9.17, 15) is 0 Å². The Hall–Kier alpha value is -2.04. The molecular weight excluding hydrogens is 178 g/mol. The van der Waals surface area contributed by atoms with Gasteiger partial charge in [0.2, 0.25) is 0 Å². The molecule has 0 unspecified atom stereocenters. The third-order valence-electron chi connectivity index (χ3n) is 1.87. The summed E-state index contributed by atoms with van der Waals surface area (Å²) in [5, 5.41) is 4.03. The SMILES string of the molecule is Cc1ccnc(-n2nc(N)cc2N)c1. The van der Waals surface area contributed by atoms with E-state index in [1.807, 2.05) is 19.1 Å². The Kier molecular flexibility index (Phi) is 1.85. The van der Waals surface area contributed by atoms with Gasteiger partial charge in [-0.1, -0.05) is 0 Å². The maximum absolute atomic E-state index is 5.70. The molecule has 2 heterocycles. The Morgan fingerprint density at radius 2 is 2.07 bits per heavy atom. The minimum atomic E-state index is 0.394. The molecule has 5 nitrogen and oxygen atoms in total. The summed E-state index contributed by atoms with van der Waals surface area (Å²) in [6, 6.07) is 5.40. The fourth-order valence-corrected chi connectivity index (χ4v) is 1.23. The number of pyridine rings is 1. The Bertz CT molecular complexity index is 460. The Morgan fingerprint density at radius 1 is 1.29 bits per heavy atom. The Morgan fingerprint density at radius 3 is 2.64 bits per heavy atom. The molecule has 0 atom stereocenters. The average Bonchev–Trinajstić information content (AvgIpc) is 2.45. The molecule has 72 valence electrons. The van der Waals surface area contributed by atoms with Gasteiger partial charge in [-0.3, -0.25) is 0 Å². The molecule has 0 aromatic carbocycles. The van der Waals surface area contributed by atoms with E-state index in [1.165, 1.54) is 4.68 Å². The summed E-state index contributed by atoms with van der Waals surface area (Å²) in [5.74, 6) is 1.56. The quantitative estimate of drug-likeness (QED) is 0.693. The van der Waals surface area contributed by atoms with Crippen LogP contribution < -0.4 is 11.5 Å². The van der Waals surface area contributed by atoms with Crippen LogP contribution in [0.15, 0.2) is 24.4 Å². The second-order valence-corrected chi connectivity index (χ2v) is 3.10. The van der Waals surface area contributed by atoms with Crippen LogP contribution in [0.1, 0.15) is 5.56 Å². The van der Waals surface area contributed by atoms with Crippen molar-refractivity contribution < 1.29 is 0 Å². The summed E-state index contributed by atoms with van der Waals surface area (Å²) in [6.07, 6.45) is 1.71. The molecule has 5 heteroatoms. The highest BCUT2D eigenvalue weighted by Gasteiger charge is 2.05. The largest absolute Gasteiger partial charge is 0.383 e. The number of nitrogen functional groups attached to an aromatic ring is 2. The number of hydrogen-bond acceptors (Lipinski definition) is 4. The van der Waals surface area contributed by atoms with Gasteiger partial charge in [0, 0.05) is 12.3 Å². The van der Waals surface area contributed by atoms with Gasteiger partial charge in [0.05, 0.1) is 0 Å². The zero-order valence-electron chi connectivity index (χ0n) is 7.81. The monoisotopic (exact) mass is 189 g/mol. The maximum Gasteiger partial charge on any atom is 0.155 e. The number of nitrogens with two attached hydrogens (primary N) is 2. The lowest BCUT2D eigenvalue weighted by molar-refractivity contribution is 0.860. The van der Waals surface area contributed by atoms with E-state index in [0.29, 0.717) is 17.5 Å². The van der Waals surface area contributed by atoms with Gasteiger partial charge in [0.15, 0.2) is 5.82 Å². The van der Waals surface area contributed by atoms with E-state index >= 15 is 0 Å². The average molecular weight is 189 g/mol. The van der Waals surface area contributed by atoms with Crippen LogP contribution in [-0.2, 0) is 0 Å². The lowest BCUT2D eigenvalue weighted by Crippen LogP contribution is -2.04. The molecule has 0 aliphatic carbocycles. The van der Waals surface area contributed by atoms with Gasteiger partial charge in [-0.05, 0) is 24.6 Å². The molecule has 0 spiro atoms. The van der Waals surface area contributed by atoms with Crippen molar-refractivity contribution in [2.24, 2.45) is 0 Å². The fourth-order valence-electron chi connectivity index (χ4n) is 1.23. The first kappa shape index (κ1) is 8.55. The number of aromatic nitrogens is 3. The van der Waals surface area contributed by atoms with Crippen molar-refractivity contribution in [3.8, 4) is 5.82 Å². The van der Waals surface area contributed by atoms with Crippen LogP contribution in [0.4, 0.5) is 11.6 Å². The summed E-state index contributed by atoms with van der Waals surface area (Å²) < 4.78 is 1.52. The smallest absolute Gasteiger partial charge is 0.155 e. The van der Waals surface area contributed by atoms with Crippen molar-refractivity contribution in [3.63, 3.8) is 0 Å². The van der Waals surface area contributed by atoms with Crippen molar-refractivity contribution >= 4 is 11.6 Å². The molecule has 0 bridgehead atoms. The van der Waals surface area contributed by atoms with Crippen molar-refractivity contribution in [2.75, 3.05) is 11.5 Å². The predicted octanol–water partition coefficient (Wildman–Crippen LogP) is 0.740. The first-order valence-corrected chi connectivity index (χ1v) is 4.21. The molecule has 2 aromatic heterocycles.